The van der Waals surface area contributed by atoms with Gasteiger partial charge in [0.15, 0.2) is 12.0 Å². The Kier molecular flexibility index (Phi) is 2.09. The van der Waals surface area contributed by atoms with Gasteiger partial charge in [-0.05, 0) is 0 Å². The average molecular weight is 193 g/mol. The molecule has 5 nitrogen and oxygen atoms in total. The van der Waals surface area contributed by atoms with Crippen LogP contribution in [0.15, 0.2) is 23.1 Å². The second kappa shape index (κ2) is 3.26. The number of imidazole rings is 1. The minimum Gasteiger partial charge on any atom is -0.449 e. The first kappa shape index (κ1) is 8.96. The molecule has 2 aromatic heterocycles. The van der Waals surface area contributed by atoms with Crippen LogP contribution in [0.2, 0.25) is 0 Å². The first-order valence-corrected chi connectivity index (χ1v) is 4.26. The number of rotatable bonds is 2. The summed E-state index contributed by atoms with van der Waals surface area (Å²) in [5.74, 6) is 1.09. The van der Waals surface area contributed by atoms with Crippen LogP contribution >= 0.6 is 0 Å². The minimum atomic E-state index is -0.826. The summed E-state index contributed by atoms with van der Waals surface area (Å²) in [4.78, 5) is 8.07. The van der Waals surface area contributed by atoms with E-state index in [0.29, 0.717) is 17.4 Å². The predicted octanol–water partition coefficient (Wildman–Crippen LogP) is 0.798. The quantitative estimate of drug-likeness (QED) is 0.766. The predicted molar refractivity (Wildman–Crippen MR) is 48.5 cm³/mol. The number of hydrogen-bond acceptors (Lipinski definition) is 4. The van der Waals surface area contributed by atoms with E-state index >= 15 is 0 Å². The summed E-state index contributed by atoms with van der Waals surface area (Å²) < 4.78 is 6.76. The van der Waals surface area contributed by atoms with Gasteiger partial charge in [0.25, 0.3) is 0 Å². The highest BCUT2D eigenvalue weighted by molar-refractivity contribution is 5.11. The number of aromatic nitrogens is 3. The molecule has 14 heavy (non-hydrogen) atoms. The maximum absolute atomic E-state index is 9.87. The molecule has 0 aliphatic heterocycles. The average Bonchev–Trinajstić information content (AvgIpc) is 2.73. The van der Waals surface area contributed by atoms with Crippen LogP contribution in [-0.2, 0) is 7.05 Å². The molecule has 0 amide bonds. The number of aliphatic hydroxyl groups is 1. The molecule has 0 aromatic carbocycles. The highest BCUT2D eigenvalue weighted by Crippen LogP contribution is 2.18. The molecule has 0 saturated carbocycles. The zero-order valence-electron chi connectivity index (χ0n) is 8.01. The molecule has 2 aromatic rings. The molecule has 0 aliphatic carbocycles. The van der Waals surface area contributed by atoms with E-state index in [0.717, 1.165) is 0 Å². The largest absolute Gasteiger partial charge is 0.449 e. The molecule has 2 heterocycles. The molecule has 0 fully saturated rings. The summed E-state index contributed by atoms with van der Waals surface area (Å²) in [5, 5.41) is 9.87. The van der Waals surface area contributed by atoms with Crippen molar-refractivity contribution in [1.82, 2.24) is 14.5 Å². The first-order valence-electron chi connectivity index (χ1n) is 4.26. The van der Waals surface area contributed by atoms with Crippen molar-refractivity contribution in [3.8, 4) is 0 Å². The molecule has 5 heteroatoms. The van der Waals surface area contributed by atoms with Gasteiger partial charge in [0.1, 0.15) is 17.8 Å². The Bertz CT molecular complexity index is 433. The first-order chi connectivity index (χ1) is 6.68. The van der Waals surface area contributed by atoms with Crippen LogP contribution in [0.3, 0.4) is 0 Å². The summed E-state index contributed by atoms with van der Waals surface area (Å²) in [7, 11) is 1.82. The monoisotopic (exact) mass is 193 g/mol. The van der Waals surface area contributed by atoms with Gasteiger partial charge in [-0.2, -0.15) is 0 Å². The van der Waals surface area contributed by atoms with E-state index in [-0.39, 0.29) is 0 Å². The summed E-state index contributed by atoms with van der Waals surface area (Å²) in [6, 6.07) is 0. The smallest absolute Gasteiger partial charge is 0.191 e. The maximum Gasteiger partial charge on any atom is 0.191 e. The Hall–Kier alpha value is -1.62. The third-order valence-electron chi connectivity index (χ3n) is 2.02. The lowest BCUT2D eigenvalue weighted by molar-refractivity contribution is 0.201. The van der Waals surface area contributed by atoms with E-state index in [1.807, 2.05) is 7.05 Å². The van der Waals surface area contributed by atoms with Gasteiger partial charge in [-0.25, -0.2) is 9.97 Å². The summed E-state index contributed by atoms with van der Waals surface area (Å²) in [6.45, 7) is 1.73. The summed E-state index contributed by atoms with van der Waals surface area (Å²) >= 11 is 0. The lowest BCUT2D eigenvalue weighted by Crippen LogP contribution is -2.07. The Labute approximate surface area is 81.0 Å². The summed E-state index contributed by atoms with van der Waals surface area (Å²) in [6.07, 6.45) is 4.01. The fraction of sp³-hybridized carbons (Fsp3) is 0.333. The van der Waals surface area contributed by atoms with Gasteiger partial charge < -0.3 is 14.1 Å². The third kappa shape index (κ3) is 1.42. The van der Waals surface area contributed by atoms with Gasteiger partial charge in [0.05, 0.1) is 0 Å². The van der Waals surface area contributed by atoms with Crippen molar-refractivity contribution in [2.75, 3.05) is 0 Å². The highest BCUT2D eigenvalue weighted by atomic mass is 16.3. The Balaban J connectivity index is 2.33. The standard InChI is InChI=1S/C9H11N3O2/c1-6-11-7(5-14-6)8(13)9-10-3-4-12(9)2/h3-5,8,13H,1-2H3. The van der Waals surface area contributed by atoms with Crippen LogP contribution in [0, 0.1) is 6.92 Å². The Morgan fingerprint density at radius 1 is 1.57 bits per heavy atom. The number of hydrogen-bond donors (Lipinski definition) is 1. The van der Waals surface area contributed by atoms with Crippen molar-refractivity contribution < 1.29 is 9.52 Å². The fourth-order valence-electron chi connectivity index (χ4n) is 1.28. The van der Waals surface area contributed by atoms with Crippen LogP contribution in [0.5, 0.6) is 0 Å². The molecule has 1 atom stereocenters. The molecule has 0 aliphatic rings. The SMILES string of the molecule is Cc1nc(C(O)c2nccn2C)co1. The minimum absolute atomic E-state index is 0.483. The zero-order chi connectivity index (χ0) is 10.1. The number of nitrogens with zero attached hydrogens (tertiary/aromatic N) is 3. The van der Waals surface area contributed by atoms with Crippen LogP contribution in [0.1, 0.15) is 23.5 Å². The van der Waals surface area contributed by atoms with E-state index in [1.54, 1.807) is 23.9 Å². The molecular weight excluding hydrogens is 182 g/mol. The van der Waals surface area contributed by atoms with Crippen molar-refractivity contribution in [1.29, 1.82) is 0 Å². The molecule has 0 radical (unpaired) electrons. The topological polar surface area (TPSA) is 64.1 Å². The van der Waals surface area contributed by atoms with Crippen molar-refractivity contribution in [3.63, 3.8) is 0 Å². The van der Waals surface area contributed by atoms with Gasteiger partial charge in [0.2, 0.25) is 0 Å². The molecule has 0 spiro atoms. The van der Waals surface area contributed by atoms with Crippen molar-refractivity contribution in [3.05, 3.63) is 36.1 Å². The number of oxazole rings is 1. The molecule has 1 N–H and O–H groups in total. The fourth-order valence-corrected chi connectivity index (χ4v) is 1.28. The number of aliphatic hydroxyl groups excluding tert-OH is 1. The second-order valence-corrected chi connectivity index (χ2v) is 3.09. The van der Waals surface area contributed by atoms with E-state index < -0.39 is 6.10 Å². The lowest BCUT2D eigenvalue weighted by atomic mass is 10.2. The molecule has 2 rings (SSSR count). The Morgan fingerprint density at radius 3 is 2.86 bits per heavy atom. The normalized spacial score (nSPS) is 13.1. The van der Waals surface area contributed by atoms with Gasteiger partial charge in [0, 0.05) is 26.4 Å². The highest BCUT2D eigenvalue weighted by Gasteiger charge is 2.17. The summed E-state index contributed by atoms with van der Waals surface area (Å²) in [5.41, 5.74) is 0.483. The van der Waals surface area contributed by atoms with Gasteiger partial charge in [-0.15, -0.1) is 0 Å². The maximum atomic E-state index is 9.87. The van der Waals surface area contributed by atoms with Gasteiger partial charge in [-0.3, -0.25) is 0 Å². The van der Waals surface area contributed by atoms with Crippen LogP contribution in [0.4, 0.5) is 0 Å². The molecule has 74 valence electrons. The van der Waals surface area contributed by atoms with Gasteiger partial charge >= 0.3 is 0 Å². The van der Waals surface area contributed by atoms with Crippen LogP contribution in [0.25, 0.3) is 0 Å². The van der Waals surface area contributed by atoms with Crippen molar-refractivity contribution in [2.24, 2.45) is 7.05 Å². The van der Waals surface area contributed by atoms with Crippen molar-refractivity contribution in [2.45, 2.75) is 13.0 Å². The van der Waals surface area contributed by atoms with Crippen molar-refractivity contribution >= 4 is 0 Å². The van der Waals surface area contributed by atoms with Gasteiger partial charge in [-0.1, -0.05) is 0 Å². The molecular formula is C9H11N3O2. The van der Waals surface area contributed by atoms with Crippen LogP contribution in [-0.4, -0.2) is 19.6 Å². The molecule has 1 unspecified atom stereocenters. The van der Waals surface area contributed by atoms with E-state index in [1.165, 1.54) is 6.26 Å². The third-order valence-corrected chi connectivity index (χ3v) is 2.02. The van der Waals surface area contributed by atoms with E-state index in [9.17, 15) is 5.11 Å². The lowest BCUT2D eigenvalue weighted by Gasteiger charge is -2.06. The molecule has 0 saturated heterocycles. The van der Waals surface area contributed by atoms with E-state index in [4.69, 9.17) is 4.42 Å². The zero-order valence-corrected chi connectivity index (χ0v) is 8.01. The molecule has 0 bridgehead atoms. The Morgan fingerprint density at radius 2 is 2.36 bits per heavy atom. The van der Waals surface area contributed by atoms with E-state index in [2.05, 4.69) is 9.97 Å². The number of aryl methyl sites for hydroxylation is 2. The second-order valence-electron chi connectivity index (χ2n) is 3.09. The van der Waals surface area contributed by atoms with Crippen LogP contribution < -0.4 is 0 Å².